The van der Waals surface area contributed by atoms with Gasteiger partial charge in [0.15, 0.2) is 0 Å². The molecule has 0 rings (SSSR count). The molecule has 0 aliphatic rings. The fraction of sp³-hybridized carbons (Fsp3) is 1.00. The van der Waals surface area contributed by atoms with Gasteiger partial charge in [0, 0.05) is 0 Å². The number of hydrogen-bond donors (Lipinski definition) is 1. The Morgan fingerprint density at radius 1 is 1.38 bits per heavy atom. The van der Waals surface area contributed by atoms with Crippen LogP contribution in [0.1, 0.15) is 20.8 Å². The largest absolute Gasteiger partial charge is 0.301 e. The lowest BCUT2D eigenvalue weighted by Gasteiger charge is -2.07. The highest BCUT2D eigenvalue weighted by Crippen LogP contribution is 1.91. The highest BCUT2D eigenvalue weighted by atomic mass is 35.5. The Kier molecular flexibility index (Phi) is 4.29. The first-order valence-corrected chi connectivity index (χ1v) is 3.44. The van der Waals surface area contributed by atoms with Crippen molar-refractivity contribution in [3.05, 3.63) is 0 Å². The minimum atomic E-state index is 0.109. The topological polar surface area (TPSA) is 12.0 Å². The van der Waals surface area contributed by atoms with E-state index in [9.17, 15) is 0 Å². The molecular weight excluding hydrogens is 122 g/mol. The zero-order valence-electron chi connectivity index (χ0n) is 5.74. The summed E-state index contributed by atoms with van der Waals surface area (Å²) in [6.45, 7) is 7.26. The molecule has 0 heterocycles. The van der Waals surface area contributed by atoms with E-state index in [1.54, 1.807) is 0 Å². The number of halogens is 1. The van der Waals surface area contributed by atoms with Gasteiger partial charge in [-0.25, -0.2) is 0 Å². The lowest BCUT2D eigenvalue weighted by atomic mass is 10.2. The van der Waals surface area contributed by atoms with Crippen molar-refractivity contribution in [3.63, 3.8) is 0 Å². The predicted octanol–water partition coefficient (Wildman–Crippen LogP) is 1.82. The third kappa shape index (κ3) is 6.25. The van der Waals surface area contributed by atoms with E-state index < -0.39 is 0 Å². The van der Waals surface area contributed by atoms with Crippen LogP contribution in [-0.2, 0) is 0 Å². The van der Waals surface area contributed by atoms with Crippen molar-refractivity contribution in [1.29, 1.82) is 0 Å². The van der Waals surface area contributed by atoms with E-state index in [0.717, 1.165) is 6.54 Å². The van der Waals surface area contributed by atoms with Crippen molar-refractivity contribution >= 4 is 11.6 Å². The molecule has 0 aromatic carbocycles. The Labute approximate surface area is 56.4 Å². The fourth-order valence-electron chi connectivity index (χ4n) is 0.398. The molecular formula is C6H14ClN. The Morgan fingerprint density at radius 3 is 2.00 bits per heavy atom. The van der Waals surface area contributed by atoms with Crippen LogP contribution in [0.15, 0.2) is 0 Å². The van der Waals surface area contributed by atoms with Gasteiger partial charge in [0.25, 0.3) is 0 Å². The minimum Gasteiger partial charge on any atom is -0.301 e. The Morgan fingerprint density at radius 2 is 1.88 bits per heavy atom. The summed E-state index contributed by atoms with van der Waals surface area (Å²) in [6.07, 6.45) is 0. The summed E-state index contributed by atoms with van der Waals surface area (Å²) in [5, 5.41) is 3.11. The van der Waals surface area contributed by atoms with Crippen molar-refractivity contribution in [2.45, 2.75) is 26.3 Å². The van der Waals surface area contributed by atoms with E-state index in [2.05, 4.69) is 19.2 Å². The summed E-state index contributed by atoms with van der Waals surface area (Å²) in [5.74, 6) is 0.691. The van der Waals surface area contributed by atoms with Gasteiger partial charge in [0.05, 0.1) is 5.50 Å². The van der Waals surface area contributed by atoms with E-state index in [1.807, 2.05) is 6.92 Å². The molecule has 50 valence electrons. The number of rotatable bonds is 3. The second kappa shape index (κ2) is 4.16. The Balaban J connectivity index is 2.93. The molecule has 2 heteroatoms. The summed E-state index contributed by atoms with van der Waals surface area (Å²) in [7, 11) is 0. The zero-order valence-corrected chi connectivity index (χ0v) is 6.50. The van der Waals surface area contributed by atoms with Gasteiger partial charge in [-0.15, -0.1) is 11.6 Å². The summed E-state index contributed by atoms with van der Waals surface area (Å²) in [5.41, 5.74) is 0.109. The quantitative estimate of drug-likeness (QED) is 0.460. The summed E-state index contributed by atoms with van der Waals surface area (Å²) in [4.78, 5) is 0. The molecule has 0 aromatic rings. The number of hydrogen-bond acceptors (Lipinski definition) is 1. The van der Waals surface area contributed by atoms with Gasteiger partial charge in [-0.1, -0.05) is 13.8 Å². The van der Waals surface area contributed by atoms with E-state index in [4.69, 9.17) is 11.6 Å². The smallest absolute Gasteiger partial charge is 0.0796 e. The first-order valence-electron chi connectivity index (χ1n) is 3.00. The molecule has 0 aliphatic carbocycles. The standard InChI is InChI=1S/C6H14ClN/c1-5(2)4-8-6(3)7/h5-6,8H,4H2,1-3H3. The van der Waals surface area contributed by atoms with Crippen molar-refractivity contribution in [1.82, 2.24) is 5.32 Å². The van der Waals surface area contributed by atoms with Gasteiger partial charge < -0.3 is 5.32 Å². The predicted molar refractivity (Wildman–Crippen MR) is 38.2 cm³/mol. The first kappa shape index (κ1) is 8.25. The van der Waals surface area contributed by atoms with Crippen molar-refractivity contribution in [2.75, 3.05) is 6.54 Å². The average molecular weight is 136 g/mol. The van der Waals surface area contributed by atoms with Crippen LogP contribution >= 0.6 is 11.6 Å². The second-order valence-electron chi connectivity index (χ2n) is 2.42. The third-order valence-corrected chi connectivity index (χ3v) is 0.962. The maximum absolute atomic E-state index is 5.61. The molecule has 0 spiro atoms. The SMILES string of the molecule is CC(C)CNC(C)Cl. The van der Waals surface area contributed by atoms with Gasteiger partial charge in [-0.05, 0) is 19.4 Å². The third-order valence-electron chi connectivity index (χ3n) is 0.807. The first-order chi connectivity index (χ1) is 3.63. The fourth-order valence-corrected chi connectivity index (χ4v) is 0.487. The van der Waals surface area contributed by atoms with Crippen LogP contribution in [0.2, 0.25) is 0 Å². The normalized spacial score (nSPS) is 14.6. The van der Waals surface area contributed by atoms with E-state index in [0.29, 0.717) is 5.92 Å². The number of nitrogens with one attached hydrogen (secondary N) is 1. The van der Waals surface area contributed by atoms with Crippen LogP contribution in [0.5, 0.6) is 0 Å². The lowest BCUT2D eigenvalue weighted by Crippen LogP contribution is -2.24. The molecule has 0 radical (unpaired) electrons. The Bertz CT molecular complexity index is 44.5. The second-order valence-corrected chi connectivity index (χ2v) is 3.07. The minimum absolute atomic E-state index is 0.109. The molecule has 1 unspecified atom stereocenters. The van der Waals surface area contributed by atoms with E-state index >= 15 is 0 Å². The number of alkyl halides is 1. The van der Waals surface area contributed by atoms with Crippen molar-refractivity contribution in [3.8, 4) is 0 Å². The van der Waals surface area contributed by atoms with Gasteiger partial charge in [0.1, 0.15) is 0 Å². The average Bonchev–Trinajstić information content (AvgIpc) is 1.61. The molecule has 1 nitrogen and oxygen atoms in total. The van der Waals surface area contributed by atoms with Gasteiger partial charge in [-0.3, -0.25) is 0 Å². The molecule has 0 amide bonds. The van der Waals surface area contributed by atoms with Crippen LogP contribution in [0.4, 0.5) is 0 Å². The van der Waals surface area contributed by atoms with Crippen LogP contribution in [0.25, 0.3) is 0 Å². The molecule has 1 atom stereocenters. The van der Waals surface area contributed by atoms with Gasteiger partial charge in [0.2, 0.25) is 0 Å². The molecule has 0 fully saturated rings. The monoisotopic (exact) mass is 135 g/mol. The van der Waals surface area contributed by atoms with Gasteiger partial charge >= 0.3 is 0 Å². The zero-order chi connectivity index (χ0) is 6.57. The maximum Gasteiger partial charge on any atom is 0.0796 e. The molecule has 1 N–H and O–H groups in total. The maximum atomic E-state index is 5.61. The van der Waals surface area contributed by atoms with Crippen LogP contribution in [0.3, 0.4) is 0 Å². The molecule has 0 saturated heterocycles. The summed E-state index contributed by atoms with van der Waals surface area (Å²) >= 11 is 5.61. The van der Waals surface area contributed by atoms with E-state index in [1.165, 1.54) is 0 Å². The van der Waals surface area contributed by atoms with Crippen molar-refractivity contribution in [2.24, 2.45) is 5.92 Å². The Hall–Kier alpha value is 0.250. The van der Waals surface area contributed by atoms with Gasteiger partial charge in [-0.2, -0.15) is 0 Å². The van der Waals surface area contributed by atoms with E-state index in [-0.39, 0.29) is 5.50 Å². The summed E-state index contributed by atoms with van der Waals surface area (Å²) < 4.78 is 0. The van der Waals surface area contributed by atoms with Crippen molar-refractivity contribution < 1.29 is 0 Å². The highest BCUT2D eigenvalue weighted by molar-refractivity contribution is 6.20. The molecule has 0 aromatic heterocycles. The highest BCUT2D eigenvalue weighted by Gasteiger charge is 1.95. The van der Waals surface area contributed by atoms with Crippen LogP contribution in [0, 0.1) is 5.92 Å². The van der Waals surface area contributed by atoms with Crippen LogP contribution in [-0.4, -0.2) is 12.0 Å². The summed E-state index contributed by atoms with van der Waals surface area (Å²) in [6, 6.07) is 0. The molecule has 0 bridgehead atoms. The molecule has 0 aliphatic heterocycles. The van der Waals surface area contributed by atoms with Crippen LogP contribution < -0.4 is 5.32 Å². The molecule has 8 heavy (non-hydrogen) atoms. The lowest BCUT2D eigenvalue weighted by molar-refractivity contribution is 0.548. The molecule has 0 saturated carbocycles.